The van der Waals surface area contributed by atoms with Gasteiger partial charge in [0.25, 0.3) is 5.91 Å². The van der Waals surface area contributed by atoms with E-state index in [0.717, 1.165) is 17.7 Å². The van der Waals surface area contributed by atoms with E-state index < -0.39 is 11.7 Å². The molecule has 1 N–H and O–H groups in total. The van der Waals surface area contributed by atoms with E-state index >= 15 is 0 Å². The van der Waals surface area contributed by atoms with Gasteiger partial charge in [0.2, 0.25) is 0 Å². The maximum atomic E-state index is 12.5. The SMILES string of the molecule is COCc1ccc(C(=O)Nc2ccc(C(F)(F)F)cc2)cc1. The first kappa shape index (κ1) is 16.0. The Kier molecular flexibility index (Phi) is 4.82. The van der Waals surface area contributed by atoms with Crippen LogP contribution in [0.5, 0.6) is 0 Å². The van der Waals surface area contributed by atoms with Crippen LogP contribution in [-0.2, 0) is 17.5 Å². The topological polar surface area (TPSA) is 38.3 Å². The maximum absolute atomic E-state index is 12.5. The Labute approximate surface area is 125 Å². The molecule has 0 aromatic heterocycles. The highest BCUT2D eigenvalue weighted by atomic mass is 19.4. The number of rotatable bonds is 4. The third kappa shape index (κ3) is 4.08. The second-order valence-corrected chi connectivity index (χ2v) is 4.66. The zero-order valence-corrected chi connectivity index (χ0v) is 11.8. The van der Waals surface area contributed by atoms with Crippen molar-refractivity contribution in [3.05, 3.63) is 65.2 Å². The fraction of sp³-hybridized carbons (Fsp3) is 0.188. The van der Waals surface area contributed by atoms with Gasteiger partial charge in [-0.05, 0) is 42.0 Å². The monoisotopic (exact) mass is 309 g/mol. The third-order valence-electron chi connectivity index (χ3n) is 3.00. The van der Waals surface area contributed by atoms with Crippen molar-refractivity contribution in [2.24, 2.45) is 0 Å². The molecule has 116 valence electrons. The van der Waals surface area contributed by atoms with Crippen molar-refractivity contribution in [2.45, 2.75) is 12.8 Å². The van der Waals surface area contributed by atoms with Crippen LogP contribution in [0.2, 0.25) is 0 Å². The zero-order valence-electron chi connectivity index (χ0n) is 11.8. The molecule has 3 nitrogen and oxygen atoms in total. The Balaban J connectivity index is 2.05. The van der Waals surface area contributed by atoms with Crippen molar-refractivity contribution in [3.63, 3.8) is 0 Å². The van der Waals surface area contributed by atoms with Crippen LogP contribution in [0.4, 0.5) is 18.9 Å². The lowest BCUT2D eigenvalue weighted by Crippen LogP contribution is -2.12. The van der Waals surface area contributed by atoms with Crippen molar-refractivity contribution in [3.8, 4) is 0 Å². The van der Waals surface area contributed by atoms with Crippen molar-refractivity contribution in [1.29, 1.82) is 0 Å². The molecular weight excluding hydrogens is 295 g/mol. The number of carbonyl (C=O) groups is 1. The summed E-state index contributed by atoms with van der Waals surface area (Å²) in [4.78, 5) is 12.0. The molecule has 6 heteroatoms. The van der Waals surface area contributed by atoms with Crippen LogP contribution < -0.4 is 5.32 Å². The van der Waals surface area contributed by atoms with Crippen molar-refractivity contribution >= 4 is 11.6 Å². The molecular formula is C16H14F3NO2. The Morgan fingerprint density at radius 1 is 1.05 bits per heavy atom. The largest absolute Gasteiger partial charge is 0.416 e. The van der Waals surface area contributed by atoms with Gasteiger partial charge in [-0.1, -0.05) is 12.1 Å². The van der Waals surface area contributed by atoms with Crippen LogP contribution in [0.25, 0.3) is 0 Å². The minimum atomic E-state index is -4.39. The molecule has 0 aliphatic heterocycles. The first-order valence-corrected chi connectivity index (χ1v) is 6.46. The number of hydrogen-bond acceptors (Lipinski definition) is 2. The van der Waals surface area contributed by atoms with Gasteiger partial charge in [0.15, 0.2) is 0 Å². The molecule has 0 unspecified atom stereocenters. The lowest BCUT2D eigenvalue weighted by molar-refractivity contribution is -0.137. The Morgan fingerprint density at radius 2 is 1.64 bits per heavy atom. The highest BCUT2D eigenvalue weighted by Crippen LogP contribution is 2.29. The number of nitrogens with one attached hydrogen (secondary N) is 1. The van der Waals surface area contributed by atoms with Crippen LogP contribution in [0.1, 0.15) is 21.5 Å². The first-order valence-electron chi connectivity index (χ1n) is 6.46. The predicted molar refractivity (Wildman–Crippen MR) is 76.6 cm³/mol. The number of halogens is 3. The van der Waals surface area contributed by atoms with Crippen LogP contribution in [-0.4, -0.2) is 13.0 Å². The Hall–Kier alpha value is -2.34. The lowest BCUT2D eigenvalue weighted by atomic mass is 10.1. The highest BCUT2D eigenvalue weighted by molar-refractivity contribution is 6.04. The molecule has 22 heavy (non-hydrogen) atoms. The number of hydrogen-bond donors (Lipinski definition) is 1. The van der Waals surface area contributed by atoms with E-state index in [2.05, 4.69) is 5.32 Å². The molecule has 0 fully saturated rings. The molecule has 0 saturated carbocycles. The third-order valence-corrected chi connectivity index (χ3v) is 3.00. The first-order chi connectivity index (χ1) is 10.4. The number of benzene rings is 2. The van der Waals surface area contributed by atoms with Gasteiger partial charge in [-0.3, -0.25) is 4.79 Å². The fourth-order valence-corrected chi connectivity index (χ4v) is 1.86. The summed E-state index contributed by atoms with van der Waals surface area (Å²) in [7, 11) is 1.57. The predicted octanol–water partition coefficient (Wildman–Crippen LogP) is 4.10. The number of methoxy groups -OCH3 is 1. The van der Waals surface area contributed by atoms with Gasteiger partial charge in [0, 0.05) is 18.4 Å². The molecule has 0 radical (unpaired) electrons. The van der Waals surface area contributed by atoms with Crippen molar-refractivity contribution in [2.75, 3.05) is 12.4 Å². The summed E-state index contributed by atoms with van der Waals surface area (Å²) >= 11 is 0. The van der Waals surface area contributed by atoms with Crippen molar-refractivity contribution < 1.29 is 22.7 Å². The van der Waals surface area contributed by atoms with E-state index in [1.54, 1.807) is 31.4 Å². The summed E-state index contributed by atoms with van der Waals surface area (Å²) in [6.07, 6.45) is -4.39. The molecule has 0 bridgehead atoms. The van der Waals surface area contributed by atoms with Crippen LogP contribution in [0.15, 0.2) is 48.5 Å². The number of amides is 1. The summed E-state index contributed by atoms with van der Waals surface area (Å²) in [6, 6.07) is 11.1. The summed E-state index contributed by atoms with van der Waals surface area (Å²) in [5.41, 5.74) is 0.890. The number of ether oxygens (including phenoxy) is 1. The zero-order chi connectivity index (χ0) is 16.2. The second kappa shape index (κ2) is 6.62. The number of carbonyl (C=O) groups excluding carboxylic acids is 1. The molecule has 1 amide bonds. The molecule has 0 aliphatic rings. The minimum absolute atomic E-state index is 0.305. The van der Waals surface area contributed by atoms with Crippen molar-refractivity contribution in [1.82, 2.24) is 0 Å². The molecule has 2 aromatic carbocycles. The van der Waals surface area contributed by atoms with Gasteiger partial charge >= 0.3 is 6.18 Å². The van der Waals surface area contributed by atoms with Gasteiger partial charge < -0.3 is 10.1 Å². The average molecular weight is 309 g/mol. The minimum Gasteiger partial charge on any atom is -0.380 e. The van der Waals surface area contributed by atoms with E-state index in [9.17, 15) is 18.0 Å². The Bertz CT molecular complexity index is 634. The van der Waals surface area contributed by atoms with Crippen LogP contribution in [0, 0.1) is 0 Å². The van der Waals surface area contributed by atoms with Gasteiger partial charge in [0.1, 0.15) is 0 Å². The van der Waals surface area contributed by atoms with E-state index in [4.69, 9.17) is 4.74 Å². The fourth-order valence-electron chi connectivity index (χ4n) is 1.86. The number of alkyl halides is 3. The molecule has 0 saturated heterocycles. The van der Waals surface area contributed by atoms with E-state index in [1.165, 1.54) is 12.1 Å². The highest BCUT2D eigenvalue weighted by Gasteiger charge is 2.29. The lowest BCUT2D eigenvalue weighted by Gasteiger charge is -2.09. The van der Waals surface area contributed by atoms with E-state index in [1.807, 2.05) is 0 Å². The molecule has 0 spiro atoms. The average Bonchev–Trinajstić information content (AvgIpc) is 2.48. The second-order valence-electron chi connectivity index (χ2n) is 4.66. The summed E-state index contributed by atoms with van der Waals surface area (Å²) in [5.74, 6) is -0.385. The van der Waals surface area contributed by atoms with Crippen LogP contribution >= 0.6 is 0 Å². The smallest absolute Gasteiger partial charge is 0.380 e. The maximum Gasteiger partial charge on any atom is 0.416 e. The summed E-state index contributed by atoms with van der Waals surface area (Å²) in [6.45, 7) is 0.445. The molecule has 0 aliphatic carbocycles. The summed E-state index contributed by atoms with van der Waals surface area (Å²) in [5, 5.41) is 2.55. The van der Waals surface area contributed by atoms with Crippen LogP contribution in [0.3, 0.4) is 0 Å². The van der Waals surface area contributed by atoms with E-state index in [-0.39, 0.29) is 5.91 Å². The molecule has 2 rings (SSSR count). The molecule has 0 atom stereocenters. The summed E-state index contributed by atoms with van der Waals surface area (Å²) < 4.78 is 42.3. The Morgan fingerprint density at radius 3 is 2.14 bits per heavy atom. The van der Waals surface area contributed by atoms with Gasteiger partial charge in [-0.2, -0.15) is 13.2 Å². The van der Waals surface area contributed by atoms with Gasteiger partial charge in [-0.15, -0.1) is 0 Å². The normalized spacial score (nSPS) is 11.3. The number of anilines is 1. The molecule has 0 heterocycles. The standard InChI is InChI=1S/C16H14F3NO2/c1-22-10-11-2-4-12(5-3-11)15(21)20-14-8-6-13(7-9-14)16(17,18)19/h2-9H,10H2,1H3,(H,20,21). The molecule has 2 aromatic rings. The van der Waals surface area contributed by atoms with Gasteiger partial charge in [-0.25, -0.2) is 0 Å². The van der Waals surface area contributed by atoms with E-state index in [0.29, 0.717) is 17.9 Å². The quantitative estimate of drug-likeness (QED) is 0.923. The van der Waals surface area contributed by atoms with Gasteiger partial charge in [0.05, 0.1) is 12.2 Å².